The van der Waals surface area contributed by atoms with Crippen LogP contribution in [0.2, 0.25) is 0 Å². The van der Waals surface area contributed by atoms with Gasteiger partial charge in [-0.1, -0.05) is 18.2 Å². The van der Waals surface area contributed by atoms with E-state index in [9.17, 15) is 26.4 Å². The van der Waals surface area contributed by atoms with Crippen LogP contribution in [0.4, 0.5) is 13.2 Å². The molecule has 1 aromatic carbocycles. The summed E-state index contributed by atoms with van der Waals surface area (Å²) in [6, 6.07) is 8.10. The highest BCUT2D eigenvalue weighted by molar-refractivity contribution is 7.89. The Morgan fingerprint density at radius 1 is 1.14 bits per heavy atom. The number of amides is 1. The van der Waals surface area contributed by atoms with Gasteiger partial charge in [0.1, 0.15) is 0 Å². The normalized spacial score (nSPS) is 16.7. The summed E-state index contributed by atoms with van der Waals surface area (Å²) >= 11 is 1.61. The second-order valence-corrected chi connectivity index (χ2v) is 9.73. The molecule has 1 aliphatic rings. The molecule has 0 bridgehead atoms. The first-order chi connectivity index (χ1) is 13.7. The predicted octanol–water partition coefficient (Wildman–Crippen LogP) is 3.53. The van der Waals surface area contributed by atoms with Gasteiger partial charge >= 0.3 is 6.18 Å². The Bertz CT molecular complexity index is 936. The molecule has 5 nitrogen and oxygen atoms in total. The van der Waals surface area contributed by atoms with Crippen molar-refractivity contribution in [2.24, 2.45) is 5.92 Å². The Balaban J connectivity index is 1.59. The predicted molar refractivity (Wildman–Crippen MR) is 104 cm³/mol. The van der Waals surface area contributed by atoms with Crippen molar-refractivity contribution in [3.05, 3.63) is 52.2 Å². The quantitative estimate of drug-likeness (QED) is 0.738. The molecule has 0 radical (unpaired) electrons. The van der Waals surface area contributed by atoms with Gasteiger partial charge in [0.05, 0.1) is 10.5 Å². The molecule has 0 atom stereocenters. The van der Waals surface area contributed by atoms with Crippen molar-refractivity contribution in [1.29, 1.82) is 0 Å². The Morgan fingerprint density at radius 3 is 2.45 bits per heavy atom. The molecule has 2 aromatic rings. The molecule has 1 N–H and O–H groups in total. The summed E-state index contributed by atoms with van der Waals surface area (Å²) in [5.41, 5.74) is -1.17. The summed E-state index contributed by atoms with van der Waals surface area (Å²) < 4.78 is 66.2. The number of alkyl halides is 3. The molecular formula is C19H21F3N2O3S2. The Labute approximate surface area is 171 Å². The fraction of sp³-hybridized carbons (Fsp3) is 0.421. The van der Waals surface area contributed by atoms with E-state index in [1.54, 1.807) is 11.3 Å². The van der Waals surface area contributed by atoms with Gasteiger partial charge in [-0.25, -0.2) is 8.42 Å². The number of nitrogens with one attached hydrogen (secondary N) is 1. The lowest BCUT2D eigenvalue weighted by molar-refractivity contribution is -0.139. The van der Waals surface area contributed by atoms with Gasteiger partial charge in [-0.2, -0.15) is 17.5 Å². The Hall–Kier alpha value is -1.91. The number of piperidine rings is 1. The number of halogens is 3. The fourth-order valence-electron chi connectivity index (χ4n) is 3.33. The third-order valence-corrected chi connectivity index (χ3v) is 7.78. The number of rotatable bonds is 6. The van der Waals surface area contributed by atoms with E-state index in [1.165, 1.54) is 6.07 Å². The second-order valence-electron chi connectivity index (χ2n) is 6.79. The molecule has 0 aliphatic carbocycles. The molecular weight excluding hydrogens is 425 g/mol. The molecule has 1 amide bonds. The van der Waals surface area contributed by atoms with Crippen LogP contribution < -0.4 is 5.32 Å². The average molecular weight is 447 g/mol. The van der Waals surface area contributed by atoms with Crippen LogP contribution in [-0.2, 0) is 27.4 Å². The SMILES string of the molecule is O=C(NCCc1cccs1)C1CCN(S(=O)(=O)c2ccccc2C(F)(F)F)CC1. The zero-order chi connectivity index (χ0) is 21.1. The maximum absolute atomic E-state index is 13.2. The van der Waals surface area contributed by atoms with Crippen molar-refractivity contribution in [1.82, 2.24) is 9.62 Å². The summed E-state index contributed by atoms with van der Waals surface area (Å²) in [5, 5.41) is 4.82. The van der Waals surface area contributed by atoms with Crippen LogP contribution in [0, 0.1) is 5.92 Å². The highest BCUT2D eigenvalue weighted by Gasteiger charge is 2.40. The maximum Gasteiger partial charge on any atom is 0.417 e. The summed E-state index contributed by atoms with van der Waals surface area (Å²) in [5.74, 6) is -0.489. The number of thiophene rings is 1. The molecule has 1 aliphatic heterocycles. The van der Waals surface area contributed by atoms with Crippen molar-refractivity contribution < 1.29 is 26.4 Å². The lowest BCUT2D eigenvalue weighted by Crippen LogP contribution is -2.43. The van der Waals surface area contributed by atoms with Gasteiger partial charge in [0.15, 0.2) is 0 Å². The lowest BCUT2D eigenvalue weighted by atomic mass is 9.97. The van der Waals surface area contributed by atoms with Gasteiger partial charge in [0.2, 0.25) is 15.9 Å². The fourth-order valence-corrected chi connectivity index (χ4v) is 5.72. The molecule has 158 valence electrons. The first-order valence-corrected chi connectivity index (χ1v) is 11.5. The van der Waals surface area contributed by atoms with E-state index in [-0.39, 0.29) is 37.8 Å². The summed E-state index contributed by atoms with van der Waals surface area (Å²) in [7, 11) is -4.29. The molecule has 1 fully saturated rings. The van der Waals surface area contributed by atoms with Gasteiger partial charge in [0.25, 0.3) is 0 Å². The number of carbonyl (C=O) groups excluding carboxylic acids is 1. The molecule has 3 rings (SSSR count). The zero-order valence-electron chi connectivity index (χ0n) is 15.5. The highest BCUT2D eigenvalue weighted by atomic mass is 32.2. The monoisotopic (exact) mass is 446 g/mol. The minimum Gasteiger partial charge on any atom is -0.355 e. The van der Waals surface area contributed by atoms with E-state index in [0.29, 0.717) is 6.54 Å². The second kappa shape index (κ2) is 8.85. The van der Waals surface area contributed by atoms with E-state index in [2.05, 4.69) is 5.32 Å². The average Bonchev–Trinajstić information content (AvgIpc) is 3.21. The van der Waals surface area contributed by atoms with E-state index in [1.807, 2.05) is 17.5 Å². The van der Waals surface area contributed by atoms with Crippen LogP contribution in [0.5, 0.6) is 0 Å². The Morgan fingerprint density at radius 2 is 1.83 bits per heavy atom. The molecule has 1 aromatic heterocycles. The number of hydrogen-bond donors (Lipinski definition) is 1. The van der Waals surface area contributed by atoms with Crippen LogP contribution >= 0.6 is 11.3 Å². The molecule has 0 spiro atoms. The number of nitrogens with zero attached hydrogens (tertiary/aromatic N) is 1. The first kappa shape index (κ1) is 21.8. The van der Waals surface area contributed by atoms with E-state index < -0.39 is 26.7 Å². The van der Waals surface area contributed by atoms with E-state index in [0.717, 1.165) is 33.8 Å². The summed E-state index contributed by atoms with van der Waals surface area (Å²) in [4.78, 5) is 12.7. The van der Waals surface area contributed by atoms with Crippen LogP contribution in [0.15, 0.2) is 46.7 Å². The summed E-state index contributed by atoms with van der Waals surface area (Å²) in [6.45, 7) is 0.520. The van der Waals surface area contributed by atoms with Gasteiger partial charge in [-0.3, -0.25) is 4.79 Å². The minimum atomic E-state index is -4.76. The van der Waals surface area contributed by atoms with Crippen molar-refractivity contribution in [3.8, 4) is 0 Å². The number of carbonyl (C=O) groups is 1. The molecule has 10 heteroatoms. The summed E-state index contributed by atoms with van der Waals surface area (Å²) in [6.07, 6.45) is -3.48. The number of benzene rings is 1. The number of hydrogen-bond acceptors (Lipinski definition) is 4. The van der Waals surface area contributed by atoms with E-state index in [4.69, 9.17) is 0 Å². The first-order valence-electron chi connectivity index (χ1n) is 9.16. The largest absolute Gasteiger partial charge is 0.417 e. The van der Waals surface area contributed by atoms with Crippen molar-refractivity contribution >= 4 is 27.3 Å². The smallest absolute Gasteiger partial charge is 0.355 e. The van der Waals surface area contributed by atoms with Gasteiger partial charge < -0.3 is 5.32 Å². The van der Waals surface area contributed by atoms with Crippen LogP contribution in [0.3, 0.4) is 0 Å². The van der Waals surface area contributed by atoms with Gasteiger partial charge in [-0.05, 0) is 42.8 Å². The standard InChI is InChI=1S/C19H21F3N2O3S2/c20-19(21,22)16-5-1-2-6-17(16)29(26,27)24-11-8-14(9-12-24)18(25)23-10-7-15-4-3-13-28-15/h1-6,13-14H,7-12H2,(H,23,25). The lowest BCUT2D eigenvalue weighted by Gasteiger charge is -2.31. The van der Waals surface area contributed by atoms with Crippen LogP contribution in [0.25, 0.3) is 0 Å². The molecule has 0 saturated carbocycles. The Kier molecular flexibility index (Phi) is 6.65. The molecule has 29 heavy (non-hydrogen) atoms. The molecule has 2 heterocycles. The third-order valence-electron chi connectivity index (χ3n) is 4.89. The van der Waals surface area contributed by atoms with Crippen LogP contribution in [0.1, 0.15) is 23.3 Å². The molecule has 1 saturated heterocycles. The van der Waals surface area contributed by atoms with Crippen molar-refractivity contribution in [3.63, 3.8) is 0 Å². The van der Waals surface area contributed by atoms with E-state index >= 15 is 0 Å². The maximum atomic E-state index is 13.2. The van der Waals surface area contributed by atoms with Gasteiger partial charge in [0, 0.05) is 30.4 Å². The van der Waals surface area contributed by atoms with Crippen LogP contribution in [-0.4, -0.2) is 38.3 Å². The highest BCUT2D eigenvalue weighted by Crippen LogP contribution is 2.36. The van der Waals surface area contributed by atoms with Crippen molar-refractivity contribution in [2.75, 3.05) is 19.6 Å². The zero-order valence-corrected chi connectivity index (χ0v) is 17.1. The molecule has 0 unspecified atom stereocenters. The third kappa shape index (κ3) is 5.18. The topological polar surface area (TPSA) is 66.5 Å². The van der Waals surface area contributed by atoms with Gasteiger partial charge in [-0.15, -0.1) is 11.3 Å². The van der Waals surface area contributed by atoms with Crippen molar-refractivity contribution in [2.45, 2.75) is 30.3 Å². The number of sulfonamides is 1. The minimum absolute atomic E-state index is 0.0114.